The number of hydrogen-bond acceptors (Lipinski definition) is 2. The molecule has 0 aliphatic heterocycles. The first kappa shape index (κ1) is 16.8. The molecule has 0 aromatic rings. The first-order valence-corrected chi connectivity index (χ1v) is 3.24. The number of nitrogens with one attached hydrogen (secondary N) is 1. The van der Waals surface area contributed by atoms with Gasteiger partial charge in [-0.15, -0.1) is 24.8 Å². The Morgan fingerprint density at radius 3 is 2.20 bits per heavy atom. The van der Waals surface area contributed by atoms with Crippen LogP contribution >= 0.6 is 24.8 Å². The Morgan fingerprint density at radius 1 is 1.40 bits per heavy atom. The summed E-state index contributed by atoms with van der Waals surface area (Å²) < 4.78 is 0. The fraction of sp³-hybridized carbons (Fsp3) is 1.00. The highest BCUT2D eigenvalue weighted by molar-refractivity contribution is 5.85. The van der Waals surface area contributed by atoms with Crippen LogP contribution in [0.5, 0.6) is 0 Å². The van der Waals surface area contributed by atoms with E-state index in [1.165, 1.54) is 12.8 Å². The molecule has 0 rings (SSSR count). The van der Waals surface area contributed by atoms with Crippen LogP contribution in [-0.2, 0) is 0 Å². The fourth-order valence-corrected chi connectivity index (χ4v) is 0.534. The molecule has 0 aliphatic carbocycles. The lowest BCUT2D eigenvalue weighted by atomic mass is 10.1. The Hall–Kier alpha value is 0.500. The second kappa shape index (κ2) is 12.2. The van der Waals surface area contributed by atoms with Crippen LogP contribution in [0.2, 0.25) is 0 Å². The van der Waals surface area contributed by atoms with Gasteiger partial charge in [0.25, 0.3) is 0 Å². The molecule has 10 heavy (non-hydrogen) atoms. The number of nitrogens with two attached hydrogens (primary N) is 1. The van der Waals surface area contributed by atoms with Crippen molar-refractivity contribution in [3.05, 3.63) is 0 Å². The van der Waals surface area contributed by atoms with Crippen LogP contribution in [0.4, 0.5) is 0 Å². The Kier molecular flexibility index (Phi) is 20.6. The van der Waals surface area contributed by atoms with Gasteiger partial charge in [0, 0.05) is 6.54 Å². The Morgan fingerprint density at radius 2 is 1.90 bits per heavy atom. The van der Waals surface area contributed by atoms with Crippen molar-refractivity contribution in [1.29, 1.82) is 0 Å². The monoisotopic (exact) mass is 188 g/mol. The van der Waals surface area contributed by atoms with Crippen molar-refractivity contribution in [2.45, 2.75) is 26.7 Å². The van der Waals surface area contributed by atoms with Crippen LogP contribution in [0, 0.1) is 5.92 Å². The third-order valence-corrected chi connectivity index (χ3v) is 1.48. The fourth-order valence-electron chi connectivity index (χ4n) is 0.534. The van der Waals surface area contributed by atoms with E-state index in [4.69, 9.17) is 5.84 Å². The average molecular weight is 189 g/mol. The van der Waals surface area contributed by atoms with Gasteiger partial charge in [-0.25, -0.2) is 0 Å². The molecule has 0 amide bonds. The topological polar surface area (TPSA) is 38.0 Å². The van der Waals surface area contributed by atoms with Crippen LogP contribution < -0.4 is 11.3 Å². The van der Waals surface area contributed by atoms with Gasteiger partial charge in [-0.05, 0) is 12.3 Å². The molecule has 0 aromatic heterocycles. The molecule has 0 bridgehead atoms. The van der Waals surface area contributed by atoms with Gasteiger partial charge in [-0.2, -0.15) is 0 Å². The van der Waals surface area contributed by atoms with Crippen LogP contribution in [0.25, 0.3) is 0 Å². The lowest BCUT2D eigenvalue weighted by Gasteiger charge is -2.05. The molecule has 0 saturated heterocycles. The summed E-state index contributed by atoms with van der Waals surface area (Å²) in [6, 6.07) is 0. The highest BCUT2D eigenvalue weighted by atomic mass is 35.5. The summed E-state index contributed by atoms with van der Waals surface area (Å²) in [5.74, 6) is 5.89. The highest BCUT2D eigenvalue weighted by Gasteiger charge is 1.94. The zero-order chi connectivity index (χ0) is 6.41. The zero-order valence-electron chi connectivity index (χ0n) is 6.59. The van der Waals surface area contributed by atoms with Gasteiger partial charge in [-0.1, -0.05) is 20.3 Å². The maximum Gasteiger partial charge on any atom is 0.00999 e. The normalized spacial score (nSPS) is 11.1. The molecule has 0 saturated carbocycles. The molecule has 0 heterocycles. The molecule has 0 aliphatic rings. The van der Waals surface area contributed by atoms with Gasteiger partial charge < -0.3 is 0 Å². The van der Waals surface area contributed by atoms with Gasteiger partial charge in [0.05, 0.1) is 0 Å². The van der Waals surface area contributed by atoms with E-state index < -0.39 is 0 Å². The summed E-state index contributed by atoms with van der Waals surface area (Å²) in [6.45, 7) is 5.37. The minimum atomic E-state index is 0. The third-order valence-electron chi connectivity index (χ3n) is 1.48. The summed E-state index contributed by atoms with van der Waals surface area (Å²) in [5.41, 5.74) is 2.63. The van der Waals surface area contributed by atoms with E-state index in [0.29, 0.717) is 0 Å². The van der Waals surface area contributed by atoms with E-state index in [1.807, 2.05) is 0 Å². The Bertz CT molecular complexity index is 53.0. The maximum atomic E-state index is 5.08. The van der Waals surface area contributed by atoms with E-state index in [1.54, 1.807) is 0 Å². The van der Waals surface area contributed by atoms with Gasteiger partial charge in [0.15, 0.2) is 0 Å². The minimum Gasteiger partial charge on any atom is -0.271 e. The van der Waals surface area contributed by atoms with Crippen molar-refractivity contribution in [2.24, 2.45) is 11.8 Å². The van der Waals surface area contributed by atoms with Gasteiger partial charge in [-0.3, -0.25) is 11.3 Å². The first-order chi connectivity index (χ1) is 3.81. The molecule has 0 fully saturated rings. The Balaban J connectivity index is -0.000000245. The first-order valence-electron chi connectivity index (χ1n) is 3.24. The highest BCUT2D eigenvalue weighted by Crippen LogP contribution is 2.03. The number of hydrogen-bond donors (Lipinski definition) is 2. The second-order valence-corrected chi connectivity index (χ2v) is 2.26. The molecule has 0 spiro atoms. The van der Waals surface area contributed by atoms with Crippen molar-refractivity contribution in [3.8, 4) is 0 Å². The molecule has 1 atom stereocenters. The molecule has 66 valence electrons. The van der Waals surface area contributed by atoms with E-state index in [-0.39, 0.29) is 24.8 Å². The lowest BCUT2D eigenvalue weighted by molar-refractivity contribution is 0.493. The van der Waals surface area contributed by atoms with Crippen LogP contribution in [0.15, 0.2) is 0 Å². The number of hydrazine groups is 1. The van der Waals surface area contributed by atoms with E-state index in [9.17, 15) is 0 Å². The zero-order valence-corrected chi connectivity index (χ0v) is 8.23. The van der Waals surface area contributed by atoms with Gasteiger partial charge in [0.1, 0.15) is 0 Å². The third kappa shape index (κ3) is 11.3. The largest absolute Gasteiger partial charge is 0.271 e. The van der Waals surface area contributed by atoms with E-state index in [0.717, 1.165) is 12.5 Å². The van der Waals surface area contributed by atoms with Crippen molar-refractivity contribution in [3.63, 3.8) is 0 Å². The second-order valence-electron chi connectivity index (χ2n) is 2.26. The predicted molar refractivity (Wildman–Crippen MR) is 50.8 cm³/mol. The lowest BCUT2D eigenvalue weighted by Crippen LogP contribution is -2.24. The van der Waals surface area contributed by atoms with Crippen molar-refractivity contribution in [2.75, 3.05) is 6.54 Å². The molecule has 2 nitrogen and oxygen atoms in total. The van der Waals surface area contributed by atoms with Crippen LogP contribution in [0.1, 0.15) is 26.7 Å². The molecule has 0 radical (unpaired) electrons. The molecular formula is C6H18Cl2N2. The van der Waals surface area contributed by atoms with Crippen LogP contribution in [-0.4, -0.2) is 6.54 Å². The molecule has 0 unspecified atom stereocenters. The summed E-state index contributed by atoms with van der Waals surface area (Å²) in [6.07, 6.45) is 2.44. The maximum absolute atomic E-state index is 5.08. The Labute approximate surface area is 75.7 Å². The number of rotatable bonds is 4. The molecule has 3 N–H and O–H groups in total. The van der Waals surface area contributed by atoms with Crippen molar-refractivity contribution in [1.82, 2.24) is 5.43 Å². The minimum absolute atomic E-state index is 0. The number of halogens is 2. The van der Waals surface area contributed by atoms with Crippen molar-refractivity contribution < 1.29 is 0 Å². The molecule has 4 heteroatoms. The quantitative estimate of drug-likeness (QED) is 0.522. The smallest absolute Gasteiger partial charge is 0.00999 e. The van der Waals surface area contributed by atoms with Crippen molar-refractivity contribution >= 4 is 24.8 Å². The summed E-state index contributed by atoms with van der Waals surface area (Å²) in [7, 11) is 0. The van der Waals surface area contributed by atoms with Gasteiger partial charge >= 0.3 is 0 Å². The predicted octanol–water partition coefficient (Wildman–Crippen LogP) is 1.73. The van der Waals surface area contributed by atoms with E-state index in [2.05, 4.69) is 19.3 Å². The summed E-state index contributed by atoms with van der Waals surface area (Å²) in [4.78, 5) is 0. The average Bonchev–Trinajstić information content (AvgIpc) is 1.83. The molecule has 0 aromatic carbocycles. The van der Waals surface area contributed by atoms with Gasteiger partial charge in [0.2, 0.25) is 0 Å². The SMILES string of the molecule is CC[C@H](C)CCNN.Cl.Cl. The van der Waals surface area contributed by atoms with E-state index >= 15 is 0 Å². The van der Waals surface area contributed by atoms with Crippen LogP contribution in [0.3, 0.4) is 0 Å². The summed E-state index contributed by atoms with van der Waals surface area (Å²) in [5, 5.41) is 0. The molecular weight excluding hydrogens is 171 g/mol. The summed E-state index contributed by atoms with van der Waals surface area (Å²) >= 11 is 0. The standard InChI is InChI=1S/C6H16N2.2ClH/c1-3-6(2)4-5-8-7;;/h6,8H,3-5,7H2,1-2H3;2*1H/t6-;;/m0../s1.